The van der Waals surface area contributed by atoms with Gasteiger partial charge in [0.25, 0.3) is 0 Å². The molecule has 0 aromatic heterocycles. The molecular weight excluding hydrogens is 373 g/mol. The monoisotopic (exact) mass is 395 g/mol. The van der Waals surface area contributed by atoms with Gasteiger partial charge in [-0.2, -0.15) is 17.6 Å². The predicted molar refractivity (Wildman–Crippen MR) is 92.9 cm³/mol. The molecule has 0 saturated carbocycles. The summed E-state index contributed by atoms with van der Waals surface area (Å²) in [6.45, 7) is 5.51. The van der Waals surface area contributed by atoms with Crippen LogP contribution < -0.4 is 4.90 Å². The summed E-state index contributed by atoms with van der Waals surface area (Å²) in [6.07, 6.45) is -5.37. The molecule has 0 aliphatic rings. The first-order valence-electron chi connectivity index (χ1n) is 7.94. The molecule has 0 fully saturated rings. The maximum atomic E-state index is 14.4. The van der Waals surface area contributed by atoms with Gasteiger partial charge in [0, 0.05) is 12.2 Å². The number of nitrogens with zero attached hydrogens (tertiary/aromatic N) is 1. The minimum Gasteiger partial charge on any atom is -0.307 e. The van der Waals surface area contributed by atoms with Crippen LogP contribution in [0, 0.1) is 0 Å². The fourth-order valence-corrected chi connectivity index (χ4v) is 3.54. The number of alkyl halides is 5. The zero-order valence-corrected chi connectivity index (χ0v) is 15.7. The molecule has 1 unspecified atom stereocenters. The SMILES string of the molecule is C=C[Si](C)(C)CCCN(C(=O)C(F)(OCF)C(F)(F)F)c1ccccc1. The van der Waals surface area contributed by atoms with Crippen LogP contribution in [0.2, 0.25) is 19.1 Å². The van der Waals surface area contributed by atoms with Crippen LogP contribution >= 0.6 is 0 Å². The van der Waals surface area contributed by atoms with Crippen molar-refractivity contribution in [2.24, 2.45) is 0 Å². The van der Waals surface area contributed by atoms with E-state index in [0.29, 0.717) is 17.4 Å². The number of rotatable bonds is 9. The number of para-hydroxylation sites is 1. The second-order valence-electron chi connectivity index (χ2n) is 6.44. The first kappa shape index (κ1) is 22.3. The Morgan fingerprint density at radius 2 is 1.81 bits per heavy atom. The molecule has 0 aliphatic heterocycles. The summed E-state index contributed by atoms with van der Waals surface area (Å²) < 4.78 is 69.5. The van der Waals surface area contributed by atoms with Gasteiger partial charge in [-0.1, -0.05) is 37.3 Å². The number of halogens is 5. The van der Waals surface area contributed by atoms with Crippen molar-refractivity contribution < 1.29 is 31.5 Å². The molecule has 26 heavy (non-hydrogen) atoms. The maximum absolute atomic E-state index is 14.4. The Bertz CT molecular complexity index is 609. The molecule has 3 nitrogen and oxygen atoms in total. The van der Waals surface area contributed by atoms with E-state index in [2.05, 4.69) is 11.3 Å². The van der Waals surface area contributed by atoms with Gasteiger partial charge in [-0.15, -0.1) is 12.3 Å². The van der Waals surface area contributed by atoms with Crippen LogP contribution in [0.3, 0.4) is 0 Å². The summed E-state index contributed by atoms with van der Waals surface area (Å²) in [5.74, 6) is -6.74. The summed E-state index contributed by atoms with van der Waals surface area (Å²) in [4.78, 5) is 13.0. The Morgan fingerprint density at radius 1 is 1.23 bits per heavy atom. The van der Waals surface area contributed by atoms with E-state index in [-0.39, 0.29) is 12.2 Å². The highest BCUT2D eigenvalue weighted by molar-refractivity contribution is 6.82. The first-order valence-corrected chi connectivity index (χ1v) is 11.2. The molecule has 146 valence electrons. The molecule has 9 heteroatoms. The van der Waals surface area contributed by atoms with Crippen LogP contribution in [-0.4, -0.2) is 39.4 Å². The summed E-state index contributed by atoms with van der Waals surface area (Å²) in [7, 11) is -1.76. The molecule has 0 heterocycles. The third-order valence-corrected chi connectivity index (χ3v) is 6.71. The molecule has 0 aliphatic carbocycles. The molecule has 0 N–H and O–H groups in total. The zero-order chi connectivity index (χ0) is 20.0. The number of anilines is 1. The molecule has 0 saturated heterocycles. The van der Waals surface area contributed by atoms with Gasteiger partial charge in [0.15, 0.2) is 6.86 Å². The quantitative estimate of drug-likeness (QED) is 0.434. The van der Waals surface area contributed by atoms with Crippen molar-refractivity contribution in [3.8, 4) is 0 Å². The van der Waals surface area contributed by atoms with E-state index < -0.39 is 32.9 Å². The Labute approximate surface area is 150 Å². The van der Waals surface area contributed by atoms with E-state index in [1.165, 1.54) is 24.3 Å². The van der Waals surface area contributed by atoms with E-state index in [1.807, 2.05) is 18.8 Å². The molecule has 0 bridgehead atoms. The van der Waals surface area contributed by atoms with Crippen LogP contribution in [0.4, 0.5) is 27.6 Å². The van der Waals surface area contributed by atoms with Crippen LogP contribution in [0.25, 0.3) is 0 Å². The minimum atomic E-state index is -5.71. The van der Waals surface area contributed by atoms with Crippen molar-refractivity contribution in [2.45, 2.75) is 37.6 Å². The molecule has 1 rings (SSSR count). The van der Waals surface area contributed by atoms with Gasteiger partial charge < -0.3 is 4.90 Å². The van der Waals surface area contributed by atoms with Crippen molar-refractivity contribution in [3.05, 3.63) is 42.6 Å². The molecular formula is C17H22F5NO2Si. The lowest BCUT2D eigenvalue weighted by molar-refractivity contribution is -0.321. The summed E-state index contributed by atoms with van der Waals surface area (Å²) in [5.41, 5.74) is 1.90. The number of carbonyl (C=O) groups excluding carboxylic acids is 1. The molecule has 0 spiro atoms. The van der Waals surface area contributed by atoms with E-state index in [1.54, 1.807) is 6.07 Å². The van der Waals surface area contributed by atoms with Crippen molar-refractivity contribution >= 4 is 19.7 Å². The van der Waals surface area contributed by atoms with Crippen LogP contribution in [-0.2, 0) is 9.53 Å². The van der Waals surface area contributed by atoms with Gasteiger partial charge in [-0.25, -0.2) is 4.39 Å². The Morgan fingerprint density at radius 3 is 2.27 bits per heavy atom. The fraction of sp³-hybridized carbons (Fsp3) is 0.471. The lowest BCUT2D eigenvalue weighted by atomic mass is 10.2. The molecule has 1 amide bonds. The lowest BCUT2D eigenvalue weighted by Gasteiger charge is -2.32. The summed E-state index contributed by atoms with van der Waals surface area (Å²) in [5, 5.41) is 0. The van der Waals surface area contributed by atoms with Gasteiger partial charge in [0.1, 0.15) is 0 Å². The lowest BCUT2D eigenvalue weighted by Crippen LogP contribution is -2.57. The third kappa shape index (κ3) is 5.37. The molecule has 1 aromatic carbocycles. The summed E-state index contributed by atoms with van der Waals surface area (Å²) >= 11 is 0. The second kappa shape index (κ2) is 8.76. The molecule has 0 radical (unpaired) electrons. The number of ether oxygens (including phenoxy) is 1. The van der Waals surface area contributed by atoms with Crippen molar-refractivity contribution in [1.29, 1.82) is 0 Å². The first-order chi connectivity index (χ1) is 12.0. The number of carbonyl (C=O) groups is 1. The van der Waals surface area contributed by atoms with Crippen LogP contribution in [0.15, 0.2) is 42.6 Å². The van der Waals surface area contributed by atoms with Crippen molar-refractivity contribution in [2.75, 3.05) is 18.3 Å². The number of amides is 1. The fourth-order valence-electron chi connectivity index (χ4n) is 2.26. The van der Waals surface area contributed by atoms with Gasteiger partial charge >= 0.3 is 17.9 Å². The van der Waals surface area contributed by atoms with Gasteiger partial charge in [-0.3, -0.25) is 9.53 Å². The highest BCUT2D eigenvalue weighted by Crippen LogP contribution is 2.38. The van der Waals surface area contributed by atoms with Gasteiger partial charge in [0.2, 0.25) is 0 Å². The zero-order valence-electron chi connectivity index (χ0n) is 14.7. The summed E-state index contributed by atoms with van der Waals surface area (Å²) in [6, 6.07) is 8.00. The minimum absolute atomic E-state index is 0.0734. The topological polar surface area (TPSA) is 29.5 Å². The number of hydrogen-bond donors (Lipinski definition) is 0. The molecule has 1 atom stereocenters. The van der Waals surface area contributed by atoms with E-state index in [9.17, 15) is 26.7 Å². The highest BCUT2D eigenvalue weighted by Gasteiger charge is 2.65. The number of benzene rings is 1. The largest absolute Gasteiger partial charge is 0.458 e. The maximum Gasteiger partial charge on any atom is 0.458 e. The Kier molecular flexibility index (Phi) is 7.52. The third-order valence-electron chi connectivity index (χ3n) is 3.96. The van der Waals surface area contributed by atoms with E-state index in [0.717, 1.165) is 0 Å². The van der Waals surface area contributed by atoms with E-state index >= 15 is 0 Å². The van der Waals surface area contributed by atoms with Crippen molar-refractivity contribution in [3.63, 3.8) is 0 Å². The average molecular weight is 395 g/mol. The van der Waals surface area contributed by atoms with Crippen LogP contribution in [0.5, 0.6) is 0 Å². The second-order valence-corrected chi connectivity index (χ2v) is 11.3. The standard InChI is InChI=1S/C17H22F5NO2Si/c1-4-26(2,3)12-8-11-23(14-9-6-5-7-10-14)15(24)16(19,25-13-18)17(20,21)22/h4-7,9-10H,1,8,11-13H2,2-3H3. The van der Waals surface area contributed by atoms with Gasteiger partial charge in [0.05, 0.1) is 8.07 Å². The molecule has 1 aromatic rings. The Hall–Kier alpha value is -1.74. The van der Waals surface area contributed by atoms with Gasteiger partial charge in [-0.05, 0) is 18.6 Å². The average Bonchev–Trinajstić information content (AvgIpc) is 2.58. The smallest absolute Gasteiger partial charge is 0.307 e. The van der Waals surface area contributed by atoms with E-state index in [4.69, 9.17) is 0 Å². The highest BCUT2D eigenvalue weighted by atomic mass is 28.3. The van der Waals surface area contributed by atoms with Crippen molar-refractivity contribution in [1.82, 2.24) is 0 Å². The van der Waals surface area contributed by atoms with Crippen LogP contribution in [0.1, 0.15) is 6.42 Å². The predicted octanol–water partition coefficient (Wildman–Crippen LogP) is 5.02. The number of hydrogen-bond acceptors (Lipinski definition) is 2. The Balaban J connectivity index is 3.15. The normalized spacial score (nSPS) is 14.6.